The molecule has 1 aromatic heterocycles. The van der Waals surface area contributed by atoms with Gasteiger partial charge in [-0.05, 0) is 66.8 Å². The van der Waals surface area contributed by atoms with Gasteiger partial charge in [-0.25, -0.2) is 14.2 Å². The van der Waals surface area contributed by atoms with Crippen molar-refractivity contribution >= 4 is 38.3 Å². The fourth-order valence-electron chi connectivity index (χ4n) is 4.68. The minimum atomic E-state index is -0.774. The molecule has 186 valence electrons. The molecule has 1 aliphatic heterocycles. The molecule has 1 saturated heterocycles. The number of carboxylic acid groups (broad SMARTS) is 1. The predicted octanol–water partition coefficient (Wildman–Crippen LogP) is 5.75. The summed E-state index contributed by atoms with van der Waals surface area (Å²) in [6, 6.07) is 20.6. The van der Waals surface area contributed by atoms with E-state index in [-0.39, 0.29) is 5.82 Å². The third-order valence-corrected chi connectivity index (χ3v) is 7.78. The number of rotatable bonds is 9. The normalized spacial score (nSPS) is 15.4. The highest BCUT2D eigenvalue weighted by Crippen LogP contribution is 2.32. The zero-order valence-corrected chi connectivity index (χ0v) is 20.9. The van der Waals surface area contributed by atoms with Gasteiger partial charge in [0.25, 0.3) is 0 Å². The first-order valence-corrected chi connectivity index (χ1v) is 12.8. The van der Waals surface area contributed by atoms with Crippen LogP contribution in [0, 0.1) is 5.82 Å². The Balaban J connectivity index is 1.37. The average molecular weight is 506 g/mol. The standard InChI is InChI=1S/C28H28FN3O3S/c1-35-22-13-9-19(10-14-22)15-17-31(28-30-24-5-2-4-23(29)26(24)36-28)18-20-7-11-21(12-8-20)32-16-3-6-25(32)27(33)34/h2,4-5,7-14,25H,3,6,15-18H2,1H3,(H,33,34)/t25-/m0/s1. The van der Waals surface area contributed by atoms with Crippen LogP contribution in [-0.4, -0.2) is 42.3 Å². The first kappa shape index (κ1) is 24.1. The minimum absolute atomic E-state index is 0.255. The third kappa shape index (κ3) is 5.14. The lowest BCUT2D eigenvalue weighted by molar-refractivity contribution is -0.138. The molecule has 36 heavy (non-hydrogen) atoms. The molecule has 1 atom stereocenters. The molecule has 0 saturated carbocycles. The number of hydrogen-bond acceptors (Lipinski definition) is 6. The smallest absolute Gasteiger partial charge is 0.326 e. The summed E-state index contributed by atoms with van der Waals surface area (Å²) in [6.45, 7) is 2.07. The van der Waals surface area contributed by atoms with E-state index in [1.165, 1.54) is 23.0 Å². The summed E-state index contributed by atoms with van der Waals surface area (Å²) in [5.74, 6) is -0.209. The number of nitrogens with zero attached hydrogens (tertiary/aromatic N) is 3. The number of hydrogen-bond donors (Lipinski definition) is 1. The van der Waals surface area contributed by atoms with E-state index in [2.05, 4.69) is 17.0 Å². The summed E-state index contributed by atoms with van der Waals surface area (Å²) < 4.78 is 20.2. The second kappa shape index (κ2) is 10.5. The summed E-state index contributed by atoms with van der Waals surface area (Å²) in [5.41, 5.74) is 3.85. The van der Waals surface area contributed by atoms with Crippen LogP contribution >= 0.6 is 11.3 Å². The second-order valence-corrected chi connectivity index (χ2v) is 9.94. The van der Waals surface area contributed by atoms with E-state index >= 15 is 0 Å². The maximum Gasteiger partial charge on any atom is 0.326 e. The Labute approximate surface area is 213 Å². The van der Waals surface area contributed by atoms with Crippen molar-refractivity contribution < 1.29 is 19.0 Å². The van der Waals surface area contributed by atoms with Gasteiger partial charge in [-0.2, -0.15) is 0 Å². The maximum absolute atomic E-state index is 14.4. The van der Waals surface area contributed by atoms with Gasteiger partial charge in [0, 0.05) is 25.3 Å². The number of aromatic nitrogens is 1. The highest BCUT2D eigenvalue weighted by molar-refractivity contribution is 7.22. The molecule has 8 heteroatoms. The Hall–Kier alpha value is -3.65. The molecule has 4 aromatic rings. The number of thiazole rings is 1. The number of aliphatic carboxylic acids is 1. The van der Waals surface area contributed by atoms with Crippen molar-refractivity contribution in [1.82, 2.24) is 4.98 Å². The zero-order chi connectivity index (χ0) is 25.1. The van der Waals surface area contributed by atoms with Gasteiger partial charge in [-0.15, -0.1) is 0 Å². The molecule has 3 aromatic carbocycles. The third-order valence-electron chi connectivity index (χ3n) is 6.63. The number of anilines is 2. The molecule has 0 spiro atoms. The van der Waals surface area contributed by atoms with E-state index in [9.17, 15) is 14.3 Å². The average Bonchev–Trinajstić information content (AvgIpc) is 3.56. The molecule has 5 rings (SSSR count). The van der Waals surface area contributed by atoms with Gasteiger partial charge in [0.2, 0.25) is 0 Å². The molecule has 1 N–H and O–H groups in total. The van der Waals surface area contributed by atoms with Gasteiger partial charge in [0.05, 0.1) is 17.3 Å². The number of fused-ring (bicyclic) bond motifs is 1. The number of carbonyl (C=O) groups is 1. The fraction of sp³-hybridized carbons (Fsp3) is 0.286. The van der Waals surface area contributed by atoms with Gasteiger partial charge in [-0.1, -0.05) is 41.7 Å². The SMILES string of the molecule is COc1ccc(CCN(Cc2ccc(N3CCC[C@H]3C(=O)O)cc2)c2nc3cccc(F)c3s2)cc1. The highest BCUT2D eigenvalue weighted by atomic mass is 32.1. The van der Waals surface area contributed by atoms with Crippen LogP contribution in [0.3, 0.4) is 0 Å². The first-order valence-electron chi connectivity index (χ1n) is 12.0. The first-order chi connectivity index (χ1) is 17.5. The van der Waals surface area contributed by atoms with Gasteiger partial charge >= 0.3 is 5.97 Å². The predicted molar refractivity (Wildman–Crippen MR) is 142 cm³/mol. The molecule has 2 heterocycles. The van der Waals surface area contributed by atoms with Crippen LogP contribution in [0.25, 0.3) is 10.2 Å². The van der Waals surface area contributed by atoms with Crippen LogP contribution in [0.4, 0.5) is 15.2 Å². The molecule has 0 radical (unpaired) electrons. The number of benzene rings is 3. The Kier molecular flexibility index (Phi) is 7.04. The van der Waals surface area contributed by atoms with E-state index < -0.39 is 12.0 Å². The Morgan fingerprint density at radius 3 is 2.58 bits per heavy atom. The van der Waals surface area contributed by atoms with Crippen LogP contribution in [0.1, 0.15) is 24.0 Å². The number of ether oxygens (including phenoxy) is 1. The van der Waals surface area contributed by atoms with E-state index in [1.807, 2.05) is 47.4 Å². The molecule has 6 nitrogen and oxygen atoms in total. The number of carboxylic acids is 1. The number of methoxy groups -OCH3 is 1. The van der Waals surface area contributed by atoms with Gasteiger partial charge < -0.3 is 19.6 Å². The summed E-state index contributed by atoms with van der Waals surface area (Å²) in [7, 11) is 1.65. The van der Waals surface area contributed by atoms with Crippen molar-refractivity contribution in [2.24, 2.45) is 0 Å². The lowest BCUT2D eigenvalue weighted by Crippen LogP contribution is -2.35. The Bertz CT molecular complexity index is 1340. The van der Waals surface area contributed by atoms with Crippen LogP contribution in [0.2, 0.25) is 0 Å². The quantitative estimate of drug-likeness (QED) is 0.313. The van der Waals surface area contributed by atoms with E-state index in [0.29, 0.717) is 29.7 Å². The maximum atomic E-state index is 14.4. The molecule has 1 fully saturated rings. The summed E-state index contributed by atoms with van der Waals surface area (Å²) in [6.07, 6.45) is 2.35. The minimum Gasteiger partial charge on any atom is -0.497 e. The van der Waals surface area contributed by atoms with Crippen molar-refractivity contribution in [2.45, 2.75) is 31.8 Å². The zero-order valence-electron chi connectivity index (χ0n) is 20.1. The van der Waals surface area contributed by atoms with Crippen LogP contribution in [0.5, 0.6) is 5.75 Å². The lowest BCUT2D eigenvalue weighted by Gasteiger charge is -2.25. The molecule has 1 aliphatic rings. The van der Waals surface area contributed by atoms with E-state index in [1.54, 1.807) is 13.2 Å². The lowest BCUT2D eigenvalue weighted by atomic mass is 10.1. The molecule has 0 bridgehead atoms. The van der Waals surface area contributed by atoms with Crippen LogP contribution in [-0.2, 0) is 17.8 Å². The molecule has 0 aliphatic carbocycles. The van der Waals surface area contributed by atoms with E-state index in [4.69, 9.17) is 9.72 Å². The molecular weight excluding hydrogens is 477 g/mol. The molecule has 0 amide bonds. The monoisotopic (exact) mass is 505 g/mol. The van der Waals surface area contributed by atoms with Gasteiger partial charge in [-0.3, -0.25) is 0 Å². The summed E-state index contributed by atoms with van der Waals surface area (Å²) in [4.78, 5) is 20.5. The van der Waals surface area contributed by atoms with Crippen molar-refractivity contribution in [3.63, 3.8) is 0 Å². The Morgan fingerprint density at radius 2 is 1.89 bits per heavy atom. The molecule has 0 unspecified atom stereocenters. The van der Waals surface area contributed by atoms with Crippen molar-refractivity contribution in [3.05, 3.63) is 83.7 Å². The van der Waals surface area contributed by atoms with Crippen molar-refractivity contribution in [2.75, 3.05) is 30.0 Å². The topological polar surface area (TPSA) is 65.9 Å². The summed E-state index contributed by atoms with van der Waals surface area (Å²) >= 11 is 1.37. The van der Waals surface area contributed by atoms with Crippen molar-refractivity contribution in [1.29, 1.82) is 0 Å². The summed E-state index contributed by atoms with van der Waals surface area (Å²) in [5, 5.41) is 10.3. The van der Waals surface area contributed by atoms with Crippen LogP contribution < -0.4 is 14.5 Å². The van der Waals surface area contributed by atoms with Gasteiger partial charge in [0.15, 0.2) is 5.13 Å². The van der Waals surface area contributed by atoms with Crippen molar-refractivity contribution in [3.8, 4) is 5.75 Å². The fourth-order valence-corrected chi connectivity index (χ4v) is 5.68. The highest BCUT2D eigenvalue weighted by Gasteiger charge is 2.30. The number of halogens is 1. The Morgan fingerprint density at radius 1 is 1.14 bits per heavy atom. The van der Waals surface area contributed by atoms with Crippen LogP contribution in [0.15, 0.2) is 66.7 Å². The largest absolute Gasteiger partial charge is 0.497 e. The van der Waals surface area contributed by atoms with E-state index in [0.717, 1.165) is 41.5 Å². The molecular formula is C28H28FN3O3S. The second-order valence-electron chi connectivity index (χ2n) is 8.96. The van der Waals surface area contributed by atoms with Gasteiger partial charge in [0.1, 0.15) is 17.6 Å².